The molecule has 23 heavy (non-hydrogen) atoms. The molecule has 1 fully saturated rings. The van der Waals surface area contributed by atoms with Crippen molar-refractivity contribution in [3.05, 3.63) is 12.2 Å². The Balaban J connectivity index is 1.99. The Bertz CT molecular complexity index is 416. The highest BCUT2D eigenvalue weighted by atomic mass is 16.4. The number of allylic oxidation sites excluding steroid dienone is 2. The largest absolute Gasteiger partial charge is 0.481 e. The molecule has 0 aromatic carbocycles. The highest BCUT2D eigenvalue weighted by Gasteiger charge is 2.34. The number of carboxylic acid groups (broad SMARTS) is 1. The number of aliphatic hydroxyl groups excluding tert-OH is 1. The molecule has 0 amide bonds. The molecule has 1 aliphatic rings. The summed E-state index contributed by atoms with van der Waals surface area (Å²) < 4.78 is 0. The molecular formula is C20H32O3. The zero-order chi connectivity index (χ0) is 16.9. The molecule has 3 atom stereocenters. The molecule has 0 unspecified atom stereocenters. The Morgan fingerprint density at radius 1 is 1.22 bits per heavy atom. The fourth-order valence-electron chi connectivity index (χ4n) is 2.80. The first-order chi connectivity index (χ1) is 11.1. The third-order valence-electron chi connectivity index (χ3n) is 4.42. The van der Waals surface area contributed by atoms with E-state index >= 15 is 0 Å². The molecule has 1 aliphatic carbocycles. The lowest BCUT2D eigenvalue weighted by Gasteiger charge is -2.01. The second kappa shape index (κ2) is 12.2. The van der Waals surface area contributed by atoms with E-state index < -0.39 is 12.1 Å². The van der Waals surface area contributed by atoms with Gasteiger partial charge in [-0.2, -0.15) is 0 Å². The van der Waals surface area contributed by atoms with E-state index in [1.807, 2.05) is 0 Å². The van der Waals surface area contributed by atoms with E-state index in [-0.39, 0.29) is 6.42 Å². The van der Waals surface area contributed by atoms with Gasteiger partial charge in [-0.15, -0.1) is 5.92 Å². The molecular weight excluding hydrogens is 288 g/mol. The van der Waals surface area contributed by atoms with Gasteiger partial charge in [0.05, 0.1) is 0 Å². The number of carboxylic acids is 1. The average molecular weight is 320 g/mol. The van der Waals surface area contributed by atoms with Crippen LogP contribution in [0.2, 0.25) is 0 Å². The predicted molar refractivity (Wildman–Crippen MR) is 94.0 cm³/mol. The average Bonchev–Trinajstić information content (AvgIpc) is 3.24. The Morgan fingerprint density at radius 2 is 2.00 bits per heavy atom. The van der Waals surface area contributed by atoms with Crippen molar-refractivity contribution in [2.24, 2.45) is 11.8 Å². The first-order valence-electron chi connectivity index (χ1n) is 9.16. The molecule has 0 saturated heterocycles. The Labute approximate surface area is 141 Å². The van der Waals surface area contributed by atoms with E-state index in [1.165, 1.54) is 25.7 Å². The summed E-state index contributed by atoms with van der Waals surface area (Å²) in [5.74, 6) is 6.95. The fraction of sp³-hybridized carbons (Fsp3) is 0.750. The molecule has 1 rings (SSSR count). The fourth-order valence-corrected chi connectivity index (χ4v) is 2.80. The van der Waals surface area contributed by atoms with Crippen LogP contribution in [0.1, 0.15) is 77.6 Å². The van der Waals surface area contributed by atoms with Gasteiger partial charge in [-0.3, -0.25) is 4.79 Å². The van der Waals surface area contributed by atoms with Crippen LogP contribution in [0.4, 0.5) is 0 Å². The van der Waals surface area contributed by atoms with Gasteiger partial charge in [0.1, 0.15) is 6.10 Å². The van der Waals surface area contributed by atoms with Gasteiger partial charge in [0.15, 0.2) is 0 Å². The SMILES string of the molecule is CCCCC[C@@H](O)C#CC[C@H]1C[C@H]1CC/C=C\CCCC(=O)O. The summed E-state index contributed by atoms with van der Waals surface area (Å²) in [6.07, 6.45) is 14.4. The highest BCUT2D eigenvalue weighted by molar-refractivity contribution is 5.66. The summed E-state index contributed by atoms with van der Waals surface area (Å²) in [5.41, 5.74) is 0. The second-order valence-electron chi connectivity index (χ2n) is 6.63. The van der Waals surface area contributed by atoms with Gasteiger partial charge >= 0.3 is 5.97 Å². The lowest BCUT2D eigenvalue weighted by Crippen LogP contribution is -2.02. The monoisotopic (exact) mass is 320 g/mol. The molecule has 2 N–H and O–H groups in total. The minimum Gasteiger partial charge on any atom is -0.481 e. The smallest absolute Gasteiger partial charge is 0.303 e. The first-order valence-corrected chi connectivity index (χ1v) is 9.16. The van der Waals surface area contributed by atoms with E-state index in [1.54, 1.807) is 0 Å². The van der Waals surface area contributed by atoms with Crippen LogP contribution < -0.4 is 0 Å². The number of hydrogen-bond acceptors (Lipinski definition) is 2. The van der Waals surface area contributed by atoms with Gasteiger partial charge in [0.2, 0.25) is 0 Å². The standard InChI is InChI=1S/C20H32O3/c1-2-3-7-13-19(21)14-10-12-18-16-17(18)11-8-5-4-6-9-15-20(22)23/h4-5,17-19,21H,2-3,6-9,11-13,15-16H2,1H3,(H,22,23)/b5-4-/t17-,18+,19-/m1/s1. The summed E-state index contributed by atoms with van der Waals surface area (Å²) >= 11 is 0. The molecule has 0 heterocycles. The Kier molecular flexibility index (Phi) is 10.5. The van der Waals surface area contributed by atoms with Crippen molar-refractivity contribution < 1.29 is 15.0 Å². The predicted octanol–water partition coefficient (Wildman–Crippen LogP) is 4.55. The lowest BCUT2D eigenvalue weighted by atomic mass is 10.1. The lowest BCUT2D eigenvalue weighted by molar-refractivity contribution is -0.137. The third kappa shape index (κ3) is 11.0. The quantitative estimate of drug-likeness (QED) is 0.315. The summed E-state index contributed by atoms with van der Waals surface area (Å²) in [7, 11) is 0. The van der Waals surface area contributed by atoms with Crippen LogP contribution in [0.25, 0.3) is 0 Å². The van der Waals surface area contributed by atoms with Gasteiger partial charge in [0, 0.05) is 12.8 Å². The number of unbranched alkanes of at least 4 members (excludes halogenated alkanes) is 3. The normalized spacial score (nSPS) is 21.0. The Hall–Kier alpha value is -1.27. The van der Waals surface area contributed by atoms with E-state index in [9.17, 15) is 9.90 Å². The van der Waals surface area contributed by atoms with Gasteiger partial charge in [-0.1, -0.05) is 37.8 Å². The number of carbonyl (C=O) groups is 1. The van der Waals surface area contributed by atoms with Crippen LogP contribution >= 0.6 is 0 Å². The van der Waals surface area contributed by atoms with E-state index in [4.69, 9.17) is 5.11 Å². The minimum absolute atomic E-state index is 0.262. The number of aliphatic carboxylic acids is 1. The molecule has 3 nitrogen and oxygen atoms in total. The van der Waals surface area contributed by atoms with Crippen LogP contribution in [-0.4, -0.2) is 22.3 Å². The summed E-state index contributed by atoms with van der Waals surface area (Å²) in [6, 6.07) is 0. The van der Waals surface area contributed by atoms with Crippen LogP contribution in [-0.2, 0) is 4.79 Å². The zero-order valence-corrected chi connectivity index (χ0v) is 14.5. The molecule has 1 saturated carbocycles. The molecule has 0 aliphatic heterocycles. The van der Waals surface area contributed by atoms with Crippen molar-refractivity contribution in [3.63, 3.8) is 0 Å². The van der Waals surface area contributed by atoms with Crippen LogP contribution in [0.3, 0.4) is 0 Å². The zero-order valence-electron chi connectivity index (χ0n) is 14.5. The summed E-state index contributed by atoms with van der Waals surface area (Å²) in [6.45, 7) is 2.16. The molecule has 0 radical (unpaired) electrons. The maximum absolute atomic E-state index is 10.4. The maximum atomic E-state index is 10.4. The van der Waals surface area contributed by atoms with Crippen molar-refractivity contribution in [1.29, 1.82) is 0 Å². The molecule has 0 bridgehead atoms. The van der Waals surface area contributed by atoms with Crippen molar-refractivity contribution in [2.75, 3.05) is 0 Å². The van der Waals surface area contributed by atoms with Crippen molar-refractivity contribution in [2.45, 2.75) is 83.7 Å². The van der Waals surface area contributed by atoms with Crippen LogP contribution in [0.15, 0.2) is 12.2 Å². The topological polar surface area (TPSA) is 57.5 Å². The van der Waals surface area contributed by atoms with Crippen molar-refractivity contribution >= 4 is 5.97 Å². The maximum Gasteiger partial charge on any atom is 0.303 e. The summed E-state index contributed by atoms with van der Waals surface area (Å²) in [5, 5.41) is 18.3. The molecule has 3 heteroatoms. The Morgan fingerprint density at radius 3 is 2.74 bits per heavy atom. The van der Waals surface area contributed by atoms with Gasteiger partial charge in [-0.25, -0.2) is 0 Å². The second-order valence-corrected chi connectivity index (χ2v) is 6.63. The van der Waals surface area contributed by atoms with E-state index in [2.05, 4.69) is 30.9 Å². The molecule has 130 valence electrons. The third-order valence-corrected chi connectivity index (χ3v) is 4.42. The number of hydrogen-bond donors (Lipinski definition) is 2. The van der Waals surface area contributed by atoms with Crippen LogP contribution in [0, 0.1) is 23.7 Å². The number of aliphatic hydroxyl groups is 1. The van der Waals surface area contributed by atoms with Gasteiger partial charge in [0.25, 0.3) is 0 Å². The molecule has 0 aromatic rings. The van der Waals surface area contributed by atoms with Crippen molar-refractivity contribution in [3.8, 4) is 11.8 Å². The van der Waals surface area contributed by atoms with E-state index in [0.717, 1.165) is 50.4 Å². The van der Waals surface area contributed by atoms with Crippen molar-refractivity contribution in [1.82, 2.24) is 0 Å². The first kappa shape index (κ1) is 19.8. The summed E-state index contributed by atoms with van der Waals surface area (Å²) in [4.78, 5) is 10.4. The van der Waals surface area contributed by atoms with E-state index in [0.29, 0.717) is 0 Å². The minimum atomic E-state index is -0.712. The van der Waals surface area contributed by atoms with Crippen LogP contribution in [0.5, 0.6) is 0 Å². The highest BCUT2D eigenvalue weighted by Crippen LogP contribution is 2.44. The molecule has 0 aromatic heterocycles. The van der Waals surface area contributed by atoms with Gasteiger partial charge < -0.3 is 10.2 Å². The number of rotatable bonds is 12. The van der Waals surface area contributed by atoms with Gasteiger partial charge in [-0.05, 0) is 56.8 Å². The molecule has 0 spiro atoms.